The molecule has 1 aromatic heterocycles. The van der Waals surface area contributed by atoms with Crippen LogP contribution in [0.1, 0.15) is 30.5 Å². The Bertz CT molecular complexity index is 414. The highest BCUT2D eigenvalue weighted by molar-refractivity contribution is 5.78. The molecule has 2 rings (SSSR count). The van der Waals surface area contributed by atoms with Crippen LogP contribution in [0.15, 0.2) is 18.3 Å². The summed E-state index contributed by atoms with van der Waals surface area (Å²) in [5.74, 6) is 0.654. The minimum Gasteiger partial charge on any atom is -0.381 e. The van der Waals surface area contributed by atoms with Crippen molar-refractivity contribution in [1.29, 1.82) is 0 Å². The van der Waals surface area contributed by atoms with E-state index in [4.69, 9.17) is 4.74 Å². The Morgan fingerprint density at radius 1 is 1.58 bits per heavy atom. The number of aromatic nitrogens is 1. The molecule has 0 spiro atoms. The summed E-state index contributed by atoms with van der Waals surface area (Å²) in [6, 6.07) is 3.89. The summed E-state index contributed by atoms with van der Waals surface area (Å²) in [4.78, 5) is 16.0. The molecule has 4 nitrogen and oxygen atoms in total. The van der Waals surface area contributed by atoms with E-state index < -0.39 is 0 Å². The molecule has 1 fully saturated rings. The standard InChI is InChI=1S/C15H22N2O2/c1-12-4-6-16-14(9-12)10-15(18)17-7-5-13-3-2-8-19-11-13/h4,6,9,13H,2-3,5,7-8,10-11H2,1H3,(H,17,18)/t13-/m0/s1. The number of amides is 1. The monoisotopic (exact) mass is 262 g/mol. The third-order valence-electron chi connectivity index (χ3n) is 3.44. The maximum absolute atomic E-state index is 11.8. The zero-order chi connectivity index (χ0) is 13.5. The van der Waals surface area contributed by atoms with E-state index in [9.17, 15) is 4.79 Å². The molecule has 0 aliphatic carbocycles. The van der Waals surface area contributed by atoms with Gasteiger partial charge in [-0.15, -0.1) is 0 Å². The maximum atomic E-state index is 11.8. The number of aryl methyl sites for hydroxylation is 1. The van der Waals surface area contributed by atoms with Gasteiger partial charge in [-0.2, -0.15) is 0 Å². The van der Waals surface area contributed by atoms with Crippen molar-refractivity contribution < 1.29 is 9.53 Å². The van der Waals surface area contributed by atoms with Crippen molar-refractivity contribution in [3.63, 3.8) is 0 Å². The van der Waals surface area contributed by atoms with Crippen LogP contribution < -0.4 is 5.32 Å². The van der Waals surface area contributed by atoms with Crippen LogP contribution in [0.4, 0.5) is 0 Å². The van der Waals surface area contributed by atoms with E-state index in [-0.39, 0.29) is 5.91 Å². The van der Waals surface area contributed by atoms with E-state index in [1.807, 2.05) is 19.1 Å². The Morgan fingerprint density at radius 2 is 2.47 bits per heavy atom. The first-order chi connectivity index (χ1) is 9.24. The molecular weight excluding hydrogens is 240 g/mol. The summed E-state index contributed by atoms with van der Waals surface area (Å²) in [7, 11) is 0. The first-order valence-corrected chi connectivity index (χ1v) is 7.00. The van der Waals surface area contributed by atoms with Crippen LogP contribution in [0.25, 0.3) is 0 Å². The van der Waals surface area contributed by atoms with Crippen LogP contribution in [-0.2, 0) is 16.0 Å². The molecule has 0 unspecified atom stereocenters. The van der Waals surface area contributed by atoms with E-state index >= 15 is 0 Å². The quantitative estimate of drug-likeness (QED) is 0.881. The minimum atomic E-state index is 0.0508. The van der Waals surface area contributed by atoms with Gasteiger partial charge in [0.25, 0.3) is 0 Å². The number of pyridine rings is 1. The molecule has 1 N–H and O–H groups in total. The number of hydrogen-bond donors (Lipinski definition) is 1. The fraction of sp³-hybridized carbons (Fsp3) is 0.600. The third kappa shape index (κ3) is 4.99. The molecule has 0 saturated carbocycles. The van der Waals surface area contributed by atoms with Gasteiger partial charge in [0.15, 0.2) is 0 Å². The van der Waals surface area contributed by atoms with Gasteiger partial charge in [-0.25, -0.2) is 0 Å². The molecule has 19 heavy (non-hydrogen) atoms. The highest BCUT2D eigenvalue weighted by atomic mass is 16.5. The van der Waals surface area contributed by atoms with Crippen molar-refractivity contribution in [3.05, 3.63) is 29.6 Å². The van der Waals surface area contributed by atoms with E-state index in [1.54, 1.807) is 6.20 Å². The Morgan fingerprint density at radius 3 is 3.21 bits per heavy atom. The number of carbonyl (C=O) groups is 1. The van der Waals surface area contributed by atoms with E-state index in [0.29, 0.717) is 12.3 Å². The molecule has 1 amide bonds. The summed E-state index contributed by atoms with van der Waals surface area (Å²) < 4.78 is 5.43. The predicted molar refractivity (Wildman–Crippen MR) is 73.8 cm³/mol. The average Bonchev–Trinajstić information content (AvgIpc) is 2.40. The fourth-order valence-corrected chi connectivity index (χ4v) is 2.37. The van der Waals surface area contributed by atoms with E-state index in [1.165, 1.54) is 6.42 Å². The lowest BCUT2D eigenvalue weighted by Crippen LogP contribution is -2.29. The van der Waals surface area contributed by atoms with Crippen molar-refractivity contribution in [1.82, 2.24) is 10.3 Å². The number of hydrogen-bond acceptors (Lipinski definition) is 3. The number of nitrogens with zero attached hydrogens (tertiary/aromatic N) is 1. The van der Waals surface area contributed by atoms with Gasteiger partial charge >= 0.3 is 0 Å². The lowest BCUT2D eigenvalue weighted by atomic mass is 9.99. The van der Waals surface area contributed by atoms with Crippen LogP contribution in [0.5, 0.6) is 0 Å². The van der Waals surface area contributed by atoms with Gasteiger partial charge in [0.2, 0.25) is 5.91 Å². The van der Waals surface area contributed by atoms with Crippen molar-refractivity contribution in [2.45, 2.75) is 32.6 Å². The van der Waals surface area contributed by atoms with Gasteiger partial charge < -0.3 is 10.1 Å². The van der Waals surface area contributed by atoms with E-state index in [0.717, 1.165) is 43.9 Å². The smallest absolute Gasteiger partial charge is 0.226 e. The Kier molecular flexibility index (Phi) is 5.33. The fourth-order valence-electron chi connectivity index (χ4n) is 2.37. The third-order valence-corrected chi connectivity index (χ3v) is 3.44. The zero-order valence-corrected chi connectivity index (χ0v) is 11.5. The van der Waals surface area contributed by atoms with Gasteiger partial charge in [0.05, 0.1) is 6.42 Å². The molecule has 104 valence electrons. The molecule has 1 saturated heterocycles. The van der Waals surface area contributed by atoms with Gasteiger partial charge in [-0.3, -0.25) is 9.78 Å². The largest absolute Gasteiger partial charge is 0.381 e. The second-order valence-electron chi connectivity index (χ2n) is 5.22. The van der Waals surface area contributed by atoms with Crippen LogP contribution in [0.2, 0.25) is 0 Å². The summed E-state index contributed by atoms with van der Waals surface area (Å²) in [6.45, 7) is 4.47. The molecule has 4 heteroatoms. The van der Waals surface area contributed by atoms with Crippen molar-refractivity contribution in [2.75, 3.05) is 19.8 Å². The Labute approximate surface area is 114 Å². The molecule has 0 radical (unpaired) electrons. The summed E-state index contributed by atoms with van der Waals surface area (Å²) >= 11 is 0. The predicted octanol–water partition coefficient (Wildman–Crippen LogP) is 1.87. The van der Waals surface area contributed by atoms with Crippen LogP contribution >= 0.6 is 0 Å². The number of rotatable bonds is 5. The molecular formula is C15H22N2O2. The topological polar surface area (TPSA) is 51.2 Å². The maximum Gasteiger partial charge on any atom is 0.226 e. The second-order valence-corrected chi connectivity index (χ2v) is 5.22. The van der Waals surface area contributed by atoms with Crippen molar-refractivity contribution in [2.24, 2.45) is 5.92 Å². The van der Waals surface area contributed by atoms with Gasteiger partial charge in [-0.05, 0) is 49.8 Å². The Hall–Kier alpha value is -1.42. The highest BCUT2D eigenvalue weighted by Crippen LogP contribution is 2.16. The summed E-state index contributed by atoms with van der Waals surface area (Å²) in [5, 5.41) is 2.96. The number of ether oxygens (including phenoxy) is 1. The molecule has 1 atom stereocenters. The SMILES string of the molecule is Cc1ccnc(CC(=O)NCC[C@@H]2CCCOC2)c1. The van der Waals surface area contributed by atoms with E-state index in [2.05, 4.69) is 10.3 Å². The van der Waals surface area contributed by atoms with Crippen LogP contribution in [0, 0.1) is 12.8 Å². The average molecular weight is 262 g/mol. The lowest BCUT2D eigenvalue weighted by molar-refractivity contribution is -0.120. The minimum absolute atomic E-state index is 0.0508. The molecule has 1 aliphatic heterocycles. The van der Waals surface area contributed by atoms with Gasteiger partial charge in [-0.1, -0.05) is 0 Å². The molecule has 1 aliphatic rings. The van der Waals surface area contributed by atoms with Crippen LogP contribution in [-0.4, -0.2) is 30.6 Å². The molecule has 2 heterocycles. The van der Waals surface area contributed by atoms with Gasteiger partial charge in [0, 0.05) is 31.6 Å². The Balaban J connectivity index is 1.67. The summed E-state index contributed by atoms with van der Waals surface area (Å²) in [5.41, 5.74) is 1.97. The van der Waals surface area contributed by atoms with Crippen LogP contribution in [0.3, 0.4) is 0 Å². The second kappa shape index (κ2) is 7.24. The first kappa shape index (κ1) is 14.0. The van der Waals surface area contributed by atoms with Gasteiger partial charge in [0.1, 0.15) is 0 Å². The highest BCUT2D eigenvalue weighted by Gasteiger charge is 2.13. The number of carbonyl (C=O) groups excluding carboxylic acids is 1. The summed E-state index contributed by atoms with van der Waals surface area (Å²) in [6.07, 6.45) is 5.48. The zero-order valence-electron chi connectivity index (χ0n) is 11.5. The lowest BCUT2D eigenvalue weighted by Gasteiger charge is -2.21. The van der Waals surface area contributed by atoms with Crippen molar-refractivity contribution in [3.8, 4) is 0 Å². The molecule has 1 aromatic rings. The molecule has 0 aromatic carbocycles. The van der Waals surface area contributed by atoms with Crippen molar-refractivity contribution >= 4 is 5.91 Å². The normalized spacial score (nSPS) is 19.1. The number of nitrogens with one attached hydrogen (secondary N) is 1. The molecule has 0 bridgehead atoms. The first-order valence-electron chi connectivity index (χ1n) is 7.00.